The second-order valence-electron chi connectivity index (χ2n) is 3.86. The van der Waals surface area contributed by atoms with Crippen LogP contribution < -0.4 is 5.32 Å². The first kappa shape index (κ1) is 13.5. The quantitative estimate of drug-likeness (QED) is 0.926. The van der Waals surface area contributed by atoms with Gasteiger partial charge in [-0.3, -0.25) is 0 Å². The van der Waals surface area contributed by atoms with Gasteiger partial charge in [0, 0.05) is 10.0 Å². The minimum atomic E-state index is 0.0481. The zero-order chi connectivity index (χ0) is 13.1. The zero-order valence-electron chi connectivity index (χ0n) is 10.1. The van der Waals surface area contributed by atoms with Crippen molar-refractivity contribution < 1.29 is 4.52 Å². The summed E-state index contributed by atoms with van der Waals surface area (Å²) in [5.74, 6) is 1.14. The number of rotatable bonds is 4. The van der Waals surface area contributed by atoms with Crippen molar-refractivity contribution in [3.8, 4) is 11.4 Å². The Morgan fingerprint density at radius 1 is 1.50 bits per heavy atom. The number of hydrogen-bond donors (Lipinski definition) is 1. The number of nitrogens with one attached hydrogen (secondary N) is 1. The van der Waals surface area contributed by atoms with E-state index in [1.807, 2.05) is 26.0 Å². The van der Waals surface area contributed by atoms with Crippen LogP contribution in [0.2, 0.25) is 5.02 Å². The molecule has 0 amide bonds. The maximum Gasteiger partial charge on any atom is 0.243 e. The molecule has 2 aromatic rings. The van der Waals surface area contributed by atoms with Gasteiger partial charge in [-0.05, 0) is 47.6 Å². The van der Waals surface area contributed by atoms with Crippen molar-refractivity contribution in [2.45, 2.75) is 19.9 Å². The Morgan fingerprint density at radius 3 is 2.94 bits per heavy atom. The van der Waals surface area contributed by atoms with Crippen LogP contribution in [0.5, 0.6) is 0 Å². The number of aromatic nitrogens is 2. The van der Waals surface area contributed by atoms with Crippen molar-refractivity contribution in [1.29, 1.82) is 0 Å². The minimum absolute atomic E-state index is 0.0481. The zero-order valence-corrected chi connectivity index (χ0v) is 12.4. The van der Waals surface area contributed by atoms with Gasteiger partial charge in [-0.25, -0.2) is 0 Å². The van der Waals surface area contributed by atoms with Crippen molar-refractivity contribution in [3.05, 3.63) is 33.6 Å². The van der Waals surface area contributed by atoms with Crippen molar-refractivity contribution in [1.82, 2.24) is 15.5 Å². The monoisotopic (exact) mass is 329 g/mol. The van der Waals surface area contributed by atoms with Gasteiger partial charge in [-0.15, -0.1) is 0 Å². The molecule has 0 saturated carbocycles. The molecule has 0 radical (unpaired) electrons. The molecule has 6 heteroatoms. The van der Waals surface area contributed by atoms with E-state index in [-0.39, 0.29) is 6.04 Å². The topological polar surface area (TPSA) is 51.0 Å². The molecule has 1 atom stereocenters. The summed E-state index contributed by atoms with van der Waals surface area (Å²) >= 11 is 9.32. The van der Waals surface area contributed by atoms with Crippen LogP contribution in [0, 0.1) is 0 Å². The molecule has 96 valence electrons. The van der Waals surface area contributed by atoms with Gasteiger partial charge in [-0.2, -0.15) is 4.98 Å². The van der Waals surface area contributed by atoms with Gasteiger partial charge in [0.25, 0.3) is 0 Å². The summed E-state index contributed by atoms with van der Waals surface area (Å²) in [6.07, 6.45) is 0. The molecule has 0 saturated heterocycles. The first-order valence-corrected chi connectivity index (χ1v) is 6.81. The van der Waals surface area contributed by atoms with E-state index in [0.717, 1.165) is 16.6 Å². The van der Waals surface area contributed by atoms with Crippen LogP contribution in [-0.4, -0.2) is 16.7 Å². The number of nitrogens with zero attached hydrogens (tertiary/aromatic N) is 2. The summed E-state index contributed by atoms with van der Waals surface area (Å²) in [6.45, 7) is 4.87. The molecule has 1 aromatic carbocycles. The van der Waals surface area contributed by atoms with Crippen LogP contribution in [-0.2, 0) is 0 Å². The summed E-state index contributed by atoms with van der Waals surface area (Å²) in [6, 6.07) is 5.58. The molecule has 2 rings (SSSR count). The number of benzene rings is 1. The number of hydrogen-bond acceptors (Lipinski definition) is 4. The van der Waals surface area contributed by atoms with Crippen LogP contribution in [0.3, 0.4) is 0 Å². The predicted molar refractivity (Wildman–Crippen MR) is 74.5 cm³/mol. The molecular formula is C12H13BrClN3O. The Balaban J connectivity index is 2.26. The maximum absolute atomic E-state index is 5.94. The Kier molecular flexibility index (Phi) is 4.37. The summed E-state index contributed by atoms with van der Waals surface area (Å²) in [5.41, 5.74) is 0.866. The van der Waals surface area contributed by atoms with Gasteiger partial charge in [-0.1, -0.05) is 23.7 Å². The lowest BCUT2D eigenvalue weighted by molar-refractivity contribution is 0.342. The SMILES string of the molecule is CCNC(C)c1nc(-c2ccc(Cl)c(Br)c2)no1. The van der Waals surface area contributed by atoms with Crippen molar-refractivity contribution in [3.63, 3.8) is 0 Å². The van der Waals surface area contributed by atoms with Crippen LogP contribution >= 0.6 is 27.5 Å². The van der Waals surface area contributed by atoms with E-state index in [9.17, 15) is 0 Å². The fourth-order valence-electron chi connectivity index (χ4n) is 1.56. The first-order valence-electron chi connectivity index (χ1n) is 5.64. The third kappa shape index (κ3) is 2.91. The molecule has 1 unspecified atom stereocenters. The second kappa shape index (κ2) is 5.82. The Morgan fingerprint density at radius 2 is 2.28 bits per heavy atom. The lowest BCUT2D eigenvalue weighted by Gasteiger charge is -2.05. The molecular weight excluding hydrogens is 318 g/mol. The maximum atomic E-state index is 5.94. The molecule has 0 aliphatic rings. The molecule has 4 nitrogen and oxygen atoms in total. The van der Waals surface area contributed by atoms with Gasteiger partial charge < -0.3 is 9.84 Å². The first-order chi connectivity index (χ1) is 8.61. The molecule has 0 aliphatic heterocycles. The summed E-state index contributed by atoms with van der Waals surface area (Å²) in [4.78, 5) is 4.37. The molecule has 0 aliphatic carbocycles. The number of halogens is 2. The highest BCUT2D eigenvalue weighted by atomic mass is 79.9. The van der Waals surface area contributed by atoms with Gasteiger partial charge >= 0.3 is 0 Å². The molecule has 0 spiro atoms. The average molecular weight is 331 g/mol. The van der Waals surface area contributed by atoms with Crippen LogP contribution in [0.25, 0.3) is 11.4 Å². The van der Waals surface area contributed by atoms with E-state index in [1.165, 1.54) is 0 Å². The highest BCUT2D eigenvalue weighted by Gasteiger charge is 2.14. The highest BCUT2D eigenvalue weighted by molar-refractivity contribution is 9.10. The van der Waals surface area contributed by atoms with E-state index in [2.05, 4.69) is 31.4 Å². The Hall–Kier alpha value is -0.910. The Bertz CT molecular complexity index is 544. The summed E-state index contributed by atoms with van der Waals surface area (Å²) in [7, 11) is 0. The van der Waals surface area contributed by atoms with Gasteiger partial charge in [0.2, 0.25) is 11.7 Å². The fraction of sp³-hybridized carbons (Fsp3) is 0.333. The predicted octanol–water partition coefficient (Wildman–Crippen LogP) is 3.82. The molecule has 0 fully saturated rings. The van der Waals surface area contributed by atoms with Crippen LogP contribution in [0.1, 0.15) is 25.8 Å². The average Bonchev–Trinajstić information content (AvgIpc) is 2.82. The highest BCUT2D eigenvalue weighted by Crippen LogP contribution is 2.27. The van der Waals surface area contributed by atoms with E-state index in [4.69, 9.17) is 16.1 Å². The molecule has 1 heterocycles. The lowest BCUT2D eigenvalue weighted by Crippen LogP contribution is -2.17. The summed E-state index contributed by atoms with van der Waals surface area (Å²) < 4.78 is 6.04. The Labute approximate surface area is 119 Å². The van der Waals surface area contributed by atoms with Crippen molar-refractivity contribution in [2.75, 3.05) is 6.54 Å². The van der Waals surface area contributed by atoms with E-state index >= 15 is 0 Å². The standard InChI is InChI=1S/C12H13BrClN3O/c1-3-15-7(2)12-16-11(17-18-12)8-4-5-10(14)9(13)6-8/h4-7,15H,3H2,1-2H3. The minimum Gasteiger partial charge on any atom is -0.337 e. The van der Waals surface area contributed by atoms with Gasteiger partial charge in [0.15, 0.2) is 0 Å². The fourth-order valence-corrected chi connectivity index (χ4v) is 2.05. The molecule has 1 N–H and O–H groups in total. The van der Waals surface area contributed by atoms with E-state index in [1.54, 1.807) is 6.07 Å². The largest absolute Gasteiger partial charge is 0.337 e. The molecule has 1 aromatic heterocycles. The third-order valence-corrected chi connectivity index (χ3v) is 3.71. The van der Waals surface area contributed by atoms with Gasteiger partial charge in [0.1, 0.15) is 0 Å². The molecule has 0 bridgehead atoms. The third-order valence-electron chi connectivity index (χ3n) is 2.50. The molecule has 18 heavy (non-hydrogen) atoms. The van der Waals surface area contributed by atoms with Crippen molar-refractivity contribution in [2.24, 2.45) is 0 Å². The van der Waals surface area contributed by atoms with Crippen LogP contribution in [0.4, 0.5) is 0 Å². The second-order valence-corrected chi connectivity index (χ2v) is 5.13. The lowest BCUT2D eigenvalue weighted by atomic mass is 10.2. The normalized spacial score (nSPS) is 12.7. The smallest absolute Gasteiger partial charge is 0.243 e. The van der Waals surface area contributed by atoms with Crippen molar-refractivity contribution >= 4 is 27.5 Å². The van der Waals surface area contributed by atoms with Gasteiger partial charge in [0.05, 0.1) is 11.1 Å². The van der Waals surface area contributed by atoms with Crippen LogP contribution in [0.15, 0.2) is 27.2 Å². The summed E-state index contributed by atoms with van der Waals surface area (Å²) in [5, 5.41) is 7.85. The van der Waals surface area contributed by atoms with E-state index < -0.39 is 0 Å². The van der Waals surface area contributed by atoms with E-state index in [0.29, 0.717) is 16.7 Å².